The van der Waals surface area contributed by atoms with E-state index < -0.39 is 21.9 Å². The second-order valence-corrected chi connectivity index (χ2v) is 6.63. The Balaban J connectivity index is 2.25. The lowest BCUT2D eigenvalue weighted by Crippen LogP contribution is -2.30. The van der Waals surface area contributed by atoms with Gasteiger partial charge >= 0.3 is 5.97 Å². The minimum atomic E-state index is -3.57. The Morgan fingerprint density at radius 3 is 2.79 bits per heavy atom. The number of aryl methyl sites for hydroxylation is 1. The van der Waals surface area contributed by atoms with E-state index in [2.05, 4.69) is 0 Å². The third-order valence-corrected chi connectivity index (χ3v) is 5.31. The highest BCUT2D eigenvalue weighted by Gasteiger charge is 2.35. The Hall–Kier alpha value is -1.40. The molecule has 1 N–H and O–H groups in total. The molecule has 1 aliphatic rings. The number of rotatable bonds is 4. The van der Waals surface area contributed by atoms with Crippen LogP contribution in [0.5, 0.6) is 0 Å². The van der Waals surface area contributed by atoms with E-state index in [1.807, 2.05) is 13.0 Å². The van der Waals surface area contributed by atoms with Gasteiger partial charge in [-0.15, -0.1) is 0 Å². The van der Waals surface area contributed by atoms with E-state index in [4.69, 9.17) is 5.11 Å². The number of nitrogens with zero attached hydrogens (tertiary/aromatic N) is 1. The fraction of sp³-hybridized carbons (Fsp3) is 0.462. The van der Waals surface area contributed by atoms with E-state index >= 15 is 0 Å². The van der Waals surface area contributed by atoms with Crippen LogP contribution in [0.1, 0.15) is 18.9 Å². The molecule has 0 bridgehead atoms. The number of hydrogen-bond acceptors (Lipinski definition) is 3. The van der Waals surface area contributed by atoms with Crippen molar-refractivity contribution in [2.24, 2.45) is 5.92 Å². The van der Waals surface area contributed by atoms with E-state index in [-0.39, 0.29) is 18.0 Å². The number of carboxylic acid groups (broad SMARTS) is 1. The van der Waals surface area contributed by atoms with Crippen molar-refractivity contribution in [2.75, 3.05) is 13.1 Å². The van der Waals surface area contributed by atoms with Gasteiger partial charge in [0.15, 0.2) is 0 Å². The van der Waals surface area contributed by atoms with Crippen LogP contribution in [-0.2, 0) is 21.2 Å². The van der Waals surface area contributed by atoms with Gasteiger partial charge in [-0.05, 0) is 30.5 Å². The molecule has 1 fully saturated rings. The number of hydrogen-bond donors (Lipinski definition) is 1. The summed E-state index contributed by atoms with van der Waals surface area (Å²) in [5, 5.41) is 8.93. The number of benzene rings is 1. The average molecular weight is 283 g/mol. The van der Waals surface area contributed by atoms with Gasteiger partial charge in [0.05, 0.1) is 10.8 Å². The lowest BCUT2D eigenvalue weighted by molar-refractivity contribution is -0.141. The number of carboxylic acids is 1. The molecule has 5 nitrogen and oxygen atoms in total. The van der Waals surface area contributed by atoms with Crippen molar-refractivity contribution in [3.8, 4) is 0 Å². The van der Waals surface area contributed by atoms with Crippen LogP contribution < -0.4 is 0 Å². The quantitative estimate of drug-likeness (QED) is 0.905. The Bertz CT molecular complexity index is 582. The van der Waals surface area contributed by atoms with E-state index in [0.717, 1.165) is 12.0 Å². The van der Waals surface area contributed by atoms with Crippen LogP contribution in [0, 0.1) is 5.92 Å². The molecule has 0 radical (unpaired) electrons. The monoisotopic (exact) mass is 283 g/mol. The summed E-state index contributed by atoms with van der Waals surface area (Å²) >= 11 is 0. The average Bonchev–Trinajstić information content (AvgIpc) is 2.89. The smallest absolute Gasteiger partial charge is 0.307 e. The van der Waals surface area contributed by atoms with Crippen LogP contribution in [0.3, 0.4) is 0 Å². The molecule has 0 saturated carbocycles. The lowest BCUT2D eigenvalue weighted by atomic mass is 10.1. The maximum absolute atomic E-state index is 12.4. The number of sulfonamides is 1. The largest absolute Gasteiger partial charge is 0.481 e. The van der Waals surface area contributed by atoms with Crippen molar-refractivity contribution in [3.05, 3.63) is 29.8 Å². The molecule has 0 amide bonds. The minimum absolute atomic E-state index is 0.0635. The maximum atomic E-state index is 12.4. The van der Waals surface area contributed by atoms with Gasteiger partial charge in [-0.3, -0.25) is 4.79 Å². The van der Waals surface area contributed by atoms with Gasteiger partial charge in [0.25, 0.3) is 0 Å². The molecule has 1 aromatic rings. The fourth-order valence-corrected chi connectivity index (χ4v) is 3.79. The van der Waals surface area contributed by atoms with Gasteiger partial charge in [0.1, 0.15) is 0 Å². The molecule has 1 aromatic carbocycles. The first kappa shape index (κ1) is 14.0. The first-order valence-corrected chi connectivity index (χ1v) is 7.71. The molecule has 0 unspecified atom stereocenters. The van der Waals surface area contributed by atoms with Crippen LogP contribution in [0.25, 0.3) is 0 Å². The Kier molecular flexibility index (Phi) is 3.91. The molecule has 1 saturated heterocycles. The molecular weight excluding hydrogens is 266 g/mol. The first-order chi connectivity index (χ1) is 8.95. The predicted octanol–water partition coefficient (Wildman–Crippen LogP) is 1.34. The molecule has 2 rings (SSSR count). The summed E-state index contributed by atoms with van der Waals surface area (Å²) in [5.41, 5.74) is 0.954. The topological polar surface area (TPSA) is 74.7 Å². The minimum Gasteiger partial charge on any atom is -0.481 e. The van der Waals surface area contributed by atoms with Crippen LogP contribution in [-0.4, -0.2) is 36.9 Å². The molecular formula is C13H17NO4S. The Morgan fingerprint density at radius 2 is 2.21 bits per heavy atom. The van der Waals surface area contributed by atoms with Crippen molar-refractivity contribution in [3.63, 3.8) is 0 Å². The van der Waals surface area contributed by atoms with E-state index in [0.29, 0.717) is 6.42 Å². The van der Waals surface area contributed by atoms with Gasteiger partial charge in [-0.1, -0.05) is 19.1 Å². The fourth-order valence-electron chi connectivity index (χ4n) is 2.22. The summed E-state index contributed by atoms with van der Waals surface area (Å²) in [6.07, 6.45) is 1.14. The zero-order chi connectivity index (χ0) is 14.0. The van der Waals surface area contributed by atoms with Gasteiger partial charge in [-0.2, -0.15) is 4.31 Å². The van der Waals surface area contributed by atoms with Crippen LogP contribution >= 0.6 is 0 Å². The van der Waals surface area contributed by atoms with Crippen LogP contribution in [0.4, 0.5) is 0 Å². The molecule has 6 heteroatoms. The van der Waals surface area contributed by atoms with Gasteiger partial charge < -0.3 is 5.11 Å². The highest BCUT2D eigenvalue weighted by molar-refractivity contribution is 7.89. The number of aliphatic carboxylic acids is 1. The zero-order valence-corrected chi connectivity index (χ0v) is 11.6. The highest BCUT2D eigenvalue weighted by Crippen LogP contribution is 2.25. The molecule has 104 valence electrons. The predicted molar refractivity (Wildman–Crippen MR) is 70.3 cm³/mol. The van der Waals surface area contributed by atoms with Gasteiger partial charge in [0, 0.05) is 13.1 Å². The molecule has 1 aliphatic heterocycles. The SMILES string of the molecule is CCc1cccc(S(=O)(=O)N2CC[C@@H](C(=O)O)C2)c1. The van der Waals surface area contributed by atoms with Crippen LogP contribution in [0.15, 0.2) is 29.2 Å². The highest BCUT2D eigenvalue weighted by atomic mass is 32.2. The second-order valence-electron chi connectivity index (χ2n) is 4.69. The van der Waals surface area contributed by atoms with Crippen molar-refractivity contribution in [2.45, 2.75) is 24.7 Å². The summed E-state index contributed by atoms with van der Waals surface area (Å²) < 4.78 is 26.1. The molecule has 0 aliphatic carbocycles. The van der Waals surface area contributed by atoms with Crippen molar-refractivity contribution >= 4 is 16.0 Å². The van der Waals surface area contributed by atoms with E-state index in [9.17, 15) is 13.2 Å². The Labute approximate surface area is 112 Å². The van der Waals surface area contributed by atoms with Crippen molar-refractivity contribution < 1.29 is 18.3 Å². The third-order valence-electron chi connectivity index (χ3n) is 3.44. The lowest BCUT2D eigenvalue weighted by Gasteiger charge is -2.16. The standard InChI is InChI=1S/C13H17NO4S/c1-2-10-4-3-5-12(8-10)19(17,18)14-7-6-11(9-14)13(15)16/h3-5,8,11H,2,6-7,9H2,1H3,(H,15,16)/t11-/m1/s1. The summed E-state index contributed by atoms with van der Waals surface area (Å²) in [4.78, 5) is 11.1. The van der Waals surface area contributed by atoms with Crippen LogP contribution in [0.2, 0.25) is 0 Å². The molecule has 0 aromatic heterocycles. The summed E-state index contributed by atoms with van der Waals surface area (Å²) in [6, 6.07) is 6.81. The summed E-state index contributed by atoms with van der Waals surface area (Å²) in [6.45, 7) is 2.30. The normalized spacial score (nSPS) is 20.6. The van der Waals surface area contributed by atoms with E-state index in [1.165, 1.54) is 4.31 Å². The molecule has 19 heavy (non-hydrogen) atoms. The first-order valence-electron chi connectivity index (χ1n) is 6.27. The number of carbonyl (C=O) groups is 1. The summed E-state index contributed by atoms with van der Waals surface area (Å²) in [5.74, 6) is -1.52. The van der Waals surface area contributed by atoms with E-state index in [1.54, 1.807) is 18.2 Å². The second kappa shape index (κ2) is 5.30. The Morgan fingerprint density at radius 1 is 1.47 bits per heavy atom. The van der Waals surface area contributed by atoms with Crippen molar-refractivity contribution in [1.29, 1.82) is 0 Å². The third kappa shape index (κ3) is 2.79. The van der Waals surface area contributed by atoms with Gasteiger partial charge in [0.2, 0.25) is 10.0 Å². The van der Waals surface area contributed by atoms with Crippen molar-refractivity contribution in [1.82, 2.24) is 4.31 Å². The molecule has 0 spiro atoms. The van der Waals surface area contributed by atoms with Gasteiger partial charge in [-0.25, -0.2) is 8.42 Å². The zero-order valence-electron chi connectivity index (χ0n) is 10.7. The maximum Gasteiger partial charge on any atom is 0.307 e. The molecule has 1 heterocycles. The molecule has 1 atom stereocenters. The summed E-state index contributed by atoms with van der Waals surface area (Å²) in [7, 11) is -3.57.